The van der Waals surface area contributed by atoms with Gasteiger partial charge in [-0.1, -0.05) is 18.2 Å². The number of phenols is 1. The number of carbonyl (C=O) groups excluding carboxylic acids is 1. The summed E-state index contributed by atoms with van der Waals surface area (Å²) in [5.41, 5.74) is 6.80. The zero-order valence-corrected chi connectivity index (χ0v) is 13.6. The molecule has 7 nitrogen and oxygen atoms in total. The Morgan fingerprint density at radius 3 is 2.40 bits per heavy atom. The third-order valence-electron chi connectivity index (χ3n) is 4.66. The number of nitrogen functional groups attached to an aromatic ring is 1. The van der Waals surface area contributed by atoms with E-state index >= 15 is 0 Å². The molecular weight excluding hydrogens is 322 g/mol. The Kier molecular flexibility index (Phi) is 4.56. The van der Waals surface area contributed by atoms with Crippen LogP contribution in [0.5, 0.6) is 5.75 Å². The van der Waals surface area contributed by atoms with Gasteiger partial charge in [-0.05, 0) is 42.5 Å². The van der Waals surface area contributed by atoms with E-state index in [9.17, 15) is 20.0 Å². The van der Waals surface area contributed by atoms with Gasteiger partial charge in [0.1, 0.15) is 11.4 Å². The molecular formula is C18H19N3O4. The molecule has 0 bridgehead atoms. The van der Waals surface area contributed by atoms with Crippen LogP contribution in [0.3, 0.4) is 0 Å². The summed E-state index contributed by atoms with van der Waals surface area (Å²) < 4.78 is 0. The molecule has 1 heterocycles. The Hall–Kier alpha value is -3.09. The van der Waals surface area contributed by atoms with Gasteiger partial charge in [-0.2, -0.15) is 0 Å². The number of amides is 1. The third kappa shape index (κ3) is 3.40. The topological polar surface area (TPSA) is 110 Å². The number of nitrogens with zero attached hydrogens (tertiary/aromatic N) is 2. The Morgan fingerprint density at radius 2 is 1.80 bits per heavy atom. The lowest BCUT2D eigenvalue weighted by Crippen LogP contribution is -2.38. The normalized spacial score (nSPS) is 15.1. The van der Waals surface area contributed by atoms with Crippen molar-refractivity contribution >= 4 is 17.3 Å². The first-order chi connectivity index (χ1) is 12.0. The SMILES string of the molecule is Nc1c(C(=O)N2CCC(c3ccc(O)cc3)CC2)cccc1[N+](=O)[O-]. The molecule has 3 rings (SSSR count). The highest BCUT2D eigenvalue weighted by molar-refractivity contribution is 6.01. The van der Waals surface area contributed by atoms with E-state index in [0.717, 1.165) is 18.4 Å². The molecule has 25 heavy (non-hydrogen) atoms. The van der Waals surface area contributed by atoms with Gasteiger partial charge >= 0.3 is 0 Å². The van der Waals surface area contributed by atoms with E-state index in [0.29, 0.717) is 19.0 Å². The molecule has 7 heteroatoms. The molecule has 0 aliphatic carbocycles. The Bertz CT molecular complexity index is 796. The van der Waals surface area contributed by atoms with Crippen LogP contribution in [0.1, 0.15) is 34.7 Å². The average molecular weight is 341 g/mol. The van der Waals surface area contributed by atoms with Crippen molar-refractivity contribution in [3.63, 3.8) is 0 Å². The first kappa shape index (κ1) is 16.8. The number of hydrogen-bond acceptors (Lipinski definition) is 5. The maximum Gasteiger partial charge on any atom is 0.292 e. The summed E-state index contributed by atoms with van der Waals surface area (Å²) >= 11 is 0. The van der Waals surface area contributed by atoms with Crippen LogP contribution in [-0.2, 0) is 0 Å². The molecule has 0 spiro atoms. The number of nitro groups is 1. The van der Waals surface area contributed by atoms with Gasteiger partial charge in [-0.25, -0.2) is 0 Å². The first-order valence-electron chi connectivity index (χ1n) is 8.08. The van der Waals surface area contributed by atoms with Crippen molar-refractivity contribution in [3.8, 4) is 5.75 Å². The second-order valence-electron chi connectivity index (χ2n) is 6.15. The fraction of sp³-hybridized carbons (Fsp3) is 0.278. The maximum atomic E-state index is 12.7. The quantitative estimate of drug-likeness (QED) is 0.507. The number of hydrogen-bond donors (Lipinski definition) is 2. The minimum atomic E-state index is -0.580. The van der Waals surface area contributed by atoms with Crippen LogP contribution in [0.15, 0.2) is 42.5 Å². The monoisotopic (exact) mass is 341 g/mol. The summed E-state index contributed by atoms with van der Waals surface area (Å²) in [5.74, 6) is 0.287. The van der Waals surface area contributed by atoms with Crippen LogP contribution in [0.4, 0.5) is 11.4 Å². The number of piperidine rings is 1. The van der Waals surface area contributed by atoms with Crippen LogP contribution in [0, 0.1) is 10.1 Å². The van der Waals surface area contributed by atoms with Crippen LogP contribution in [0.25, 0.3) is 0 Å². The highest BCUT2D eigenvalue weighted by Crippen LogP contribution is 2.31. The van der Waals surface area contributed by atoms with E-state index in [2.05, 4.69) is 0 Å². The van der Waals surface area contributed by atoms with E-state index in [-0.39, 0.29) is 28.6 Å². The lowest BCUT2D eigenvalue weighted by atomic mass is 9.89. The van der Waals surface area contributed by atoms with Crippen LogP contribution in [-0.4, -0.2) is 33.9 Å². The van der Waals surface area contributed by atoms with E-state index in [1.807, 2.05) is 12.1 Å². The number of carbonyl (C=O) groups is 1. The van der Waals surface area contributed by atoms with Crippen LogP contribution in [0.2, 0.25) is 0 Å². The highest BCUT2D eigenvalue weighted by atomic mass is 16.6. The summed E-state index contributed by atoms with van der Waals surface area (Å²) in [5, 5.41) is 20.4. The molecule has 0 radical (unpaired) electrons. The van der Waals surface area contributed by atoms with Crippen molar-refractivity contribution < 1.29 is 14.8 Å². The van der Waals surface area contributed by atoms with Gasteiger partial charge in [0.05, 0.1) is 10.5 Å². The smallest absolute Gasteiger partial charge is 0.292 e. The lowest BCUT2D eigenvalue weighted by molar-refractivity contribution is -0.383. The van der Waals surface area contributed by atoms with Gasteiger partial charge in [-0.3, -0.25) is 14.9 Å². The Balaban J connectivity index is 1.71. The van der Waals surface area contributed by atoms with Crippen molar-refractivity contribution in [1.29, 1.82) is 0 Å². The molecule has 1 amide bonds. The van der Waals surface area contributed by atoms with Gasteiger partial charge < -0.3 is 15.7 Å². The Morgan fingerprint density at radius 1 is 1.16 bits per heavy atom. The molecule has 130 valence electrons. The molecule has 0 atom stereocenters. The van der Waals surface area contributed by atoms with Crippen molar-refractivity contribution in [2.45, 2.75) is 18.8 Å². The summed E-state index contributed by atoms with van der Waals surface area (Å²) in [4.78, 5) is 24.8. The number of likely N-dealkylation sites (tertiary alicyclic amines) is 1. The molecule has 0 aromatic heterocycles. The second kappa shape index (κ2) is 6.80. The third-order valence-corrected chi connectivity index (χ3v) is 4.66. The predicted octanol–water partition coefficient (Wildman–Crippen LogP) is 2.90. The van der Waals surface area contributed by atoms with Crippen molar-refractivity contribution in [2.24, 2.45) is 0 Å². The second-order valence-corrected chi connectivity index (χ2v) is 6.15. The zero-order chi connectivity index (χ0) is 18.0. The molecule has 0 saturated carbocycles. The van der Waals surface area contributed by atoms with Gasteiger partial charge in [0.25, 0.3) is 11.6 Å². The van der Waals surface area contributed by atoms with Crippen molar-refractivity contribution in [2.75, 3.05) is 18.8 Å². The minimum absolute atomic E-state index is 0.0850. The lowest BCUT2D eigenvalue weighted by Gasteiger charge is -2.32. The number of benzene rings is 2. The van der Waals surface area contributed by atoms with Gasteiger partial charge in [0.2, 0.25) is 0 Å². The number of phenolic OH excluding ortho intramolecular Hbond substituents is 1. The maximum absolute atomic E-state index is 12.7. The standard InChI is InChI=1S/C18H19N3O4/c19-17-15(2-1-3-16(17)21(24)25)18(23)20-10-8-13(9-11-20)12-4-6-14(22)7-5-12/h1-7,13,22H,8-11,19H2. The van der Waals surface area contributed by atoms with E-state index in [1.165, 1.54) is 18.2 Å². The van der Waals surface area contributed by atoms with Gasteiger partial charge in [-0.15, -0.1) is 0 Å². The number of anilines is 1. The summed E-state index contributed by atoms with van der Waals surface area (Å²) in [6, 6.07) is 11.4. The molecule has 1 aliphatic rings. The number of aromatic hydroxyl groups is 1. The predicted molar refractivity (Wildman–Crippen MR) is 93.5 cm³/mol. The van der Waals surface area contributed by atoms with Crippen LogP contribution >= 0.6 is 0 Å². The number of para-hydroxylation sites is 1. The van der Waals surface area contributed by atoms with Gasteiger partial charge in [0.15, 0.2) is 0 Å². The molecule has 1 aliphatic heterocycles. The van der Waals surface area contributed by atoms with Crippen LogP contribution < -0.4 is 5.73 Å². The van der Waals surface area contributed by atoms with Gasteiger partial charge in [0, 0.05) is 19.2 Å². The summed E-state index contributed by atoms with van der Waals surface area (Å²) in [6.45, 7) is 1.12. The number of nitrogens with two attached hydrogens (primary N) is 1. The molecule has 2 aromatic carbocycles. The fourth-order valence-corrected chi connectivity index (χ4v) is 3.23. The van der Waals surface area contributed by atoms with Crippen molar-refractivity contribution in [3.05, 3.63) is 63.7 Å². The van der Waals surface area contributed by atoms with Crippen molar-refractivity contribution in [1.82, 2.24) is 4.90 Å². The zero-order valence-electron chi connectivity index (χ0n) is 13.6. The largest absolute Gasteiger partial charge is 0.508 e. The van der Waals surface area contributed by atoms with E-state index in [1.54, 1.807) is 17.0 Å². The number of nitro benzene ring substituents is 1. The summed E-state index contributed by atoms with van der Waals surface area (Å²) in [6.07, 6.45) is 1.59. The number of rotatable bonds is 3. The molecule has 3 N–H and O–H groups in total. The molecule has 1 fully saturated rings. The summed E-state index contributed by atoms with van der Waals surface area (Å²) in [7, 11) is 0. The van der Waals surface area contributed by atoms with E-state index in [4.69, 9.17) is 5.73 Å². The Labute approximate surface area is 144 Å². The molecule has 2 aromatic rings. The first-order valence-corrected chi connectivity index (χ1v) is 8.08. The average Bonchev–Trinajstić information content (AvgIpc) is 2.62. The fourth-order valence-electron chi connectivity index (χ4n) is 3.23. The molecule has 0 unspecified atom stereocenters. The van der Waals surface area contributed by atoms with E-state index < -0.39 is 4.92 Å². The highest BCUT2D eigenvalue weighted by Gasteiger charge is 2.27. The minimum Gasteiger partial charge on any atom is -0.508 e. The molecule has 1 saturated heterocycles.